The fourth-order valence-electron chi connectivity index (χ4n) is 2.78. The number of benzene rings is 1. The molecule has 126 valence electrons. The van der Waals surface area contributed by atoms with Gasteiger partial charge in [-0.05, 0) is 51.3 Å². The minimum atomic E-state index is -1.01. The van der Waals surface area contributed by atoms with Gasteiger partial charge in [0.2, 0.25) is 0 Å². The summed E-state index contributed by atoms with van der Waals surface area (Å²) in [6.45, 7) is 5.27. The summed E-state index contributed by atoms with van der Waals surface area (Å²) in [7, 11) is 0. The SMILES string of the molecule is Cc1cccc(-n2nnc(C(=O)N(C3CC3)C(C)C(=O)O)c2C)c1. The molecule has 1 amide bonds. The van der Waals surface area contributed by atoms with E-state index in [1.807, 2.05) is 31.2 Å². The molecular weight excluding hydrogens is 308 g/mol. The van der Waals surface area contributed by atoms with Gasteiger partial charge in [0.25, 0.3) is 5.91 Å². The number of carbonyl (C=O) groups excluding carboxylic acids is 1. The molecule has 0 bridgehead atoms. The molecule has 3 rings (SSSR count). The van der Waals surface area contributed by atoms with Crippen molar-refractivity contribution >= 4 is 11.9 Å². The third kappa shape index (κ3) is 2.89. The van der Waals surface area contributed by atoms with Gasteiger partial charge >= 0.3 is 5.97 Å². The van der Waals surface area contributed by atoms with Gasteiger partial charge < -0.3 is 10.0 Å². The first-order valence-electron chi connectivity index (χ1n) is 7.95. The maximum atomic E-state index is 12.9. The van der Waals surface area contributed by atoms with Crippen LogP contribution in [0, 0.1) is 13.8 Å². The molecule has 0 saturated heterocycles. The van der Waals surface area contributed by atoms with Crippen LogP contribution in [0.3, 0.4) is 0 Å². The standard InChI is InChI=1S/C17H20N4O3/c1-10-5-4-6-14(9-10)21-11(2)15(18-19-21)16(22)20(13-7-8-13)12(3)17(23)24/h4-6,9,12-13H,7-8H2,1-3H3,(H,23,24). The van der Waals surface area contributed by atoms with Crippen molar-refractivity contribution in [3.63, 3.8) is 0 Å². The zero-order valence-corrected chi connectivity index (χ0v) is 13.9. The summed E-state index contributed by atoms with van der Waals surface area (Å²) in [5, 5.41) is 17.4. The minimum absolute atomic E-state index is 0.0212. The molecule has 1 saturated carbocycles. The fraction of sp³-hybridized carbons (Fsp3) is 0.412. The zero-order valence-electron chi connectivity index (χ0n) is 13.9. The molecule has 0 radical (unpaired) electrons. The second-order valence-corrected chi connectivity index (χ2v) is 6.23. The summed E-state index contributed by atoms with van der Waals surface area (Å²) >= 11 is 0. The van der Waals surface area contributed by atoms with Crippen LogP contribution in [0.2, 0.25) is 0 Å². The van der Waals surface area contributed by atoms with E-state index < -0.39 is 12.0 Å². The maximum absolute atomic E-state index is 12.9. The van der Waals surface area contributed by atoms with E-state index >= 15 is 0 Å². The number of carboxylic acids is 1. The largest absolute Gasteiger partial charge is 0.480 e. The molecule has 1 unspecified atom stereocenters. The lowest BCUT2D eigenvalue weighted by Gasteiger charge is -2.25. The number of aliphatic carboxylic acids is 1. The van der Waals surface area contributed by atoms with E-state index in [4.69, 9.17) is 0 Å². The number of rotatable bonds is 5. The predicted molar refractivity (Wildman–Crippen MR) is 87.1 cm³/mol. The molecule has 2 aromatic rings. The van der Waals surface area contributed by atoms with Crippen molar-refractivity contribution in [1.29, 1.82) is 0 Å². The van der Waals surface area contributed by atoms with Gasteiger partial charge in [0.05, 0.1) is 11.4 Å². The third-order valence-corrected chi connectivity index (χ3v) is 4.29. The Balaban J connectivity index is 1.95. The molecule has 1 N–H and O–H groups in total. The van der Waals surface area contributed by atoms with E-state index in [1.54, 1.807) is 11.6 Å². The van der Waals surface area contributed by atoms with Crippen LogP contribution in [0.15, 0.2) is 24.3 Å². The monoisotopic (exact) mass is 328 g/mol. The Kier molecular flexibility index (Phi) is 4.09. The number of amides is 1. The molecule has 7 nitrogen and oxygen atoms in total. The summed E-state index contributed by atoms with van der Waals surface area (Å²) in [5.41, 5.74) is 2.71. The second kappa shape index (κ2) is 6.07. The molecule has 1 aliphatic carbocycles. The number of carbonyl (C=O) groups is 2. The number of aromatic nitrogens is 3. The van der Waals surface area contributed by atoms with E-state index in [-0.39, 0.29) is 17.6 Å². The van der Waals surface area contributed by atoms with Gasteiger partial charge in [0.1, 0.15) is 6.04 Å². The lowest BCUT2D eigenvalue weighted by molar-refractivity contribution is -0.141. The highest BCUT2D eigenvalue weighted by Gasteiger charge is 2.40. The summed E-state index contributed by atoms with van der Waals surface area (Å²) < 4.78 is 1.61. The van der Waals surface area contributed by atoms with Crippen molar-refractivity contribution in [2.75, 3.05) is 0 Å². The van der Waals surface area contributed by atoms with Crippen LogP contribution >= 0.6 is 0 Å². The average molecular weight is 328 g/mol. The van der Waals surface area contributed by atoms with Crippen molar-refractivity contribution in [2.45, 2.75) is 45.7 Å². The van der Waals surface area contributed by atoms with Crippen molar-refractivity contribution < 1.29 is 14.7 Å². The van der Waals surface area contributed by atoms with Crippen molar-refractivity contribution in [3.8, 4) is 5.69 Å². The molecule has 1 aromatic carbocycles. The Labute approximate surface area is 139 Å². The Hall–Kier alpha value is -2.70. The highest BCUT2D eigenvalue weighted by molar-refractivity contribution is 5.96. The highest BCUT2D eigenvalue weighted by atomic mass is 16.4. The van der Waals surface area contributed by atoms with Gasteiger partial charge in [-0.1, -0.05) is 17.3 Å². The predicted octanol–water partition coefficient (Wildman–Crippen LogP) is 1.96. The topological polar surface area (TPSA) is 88.3 Å². The Morgan fingerprint density at radius 2 is 2.04 bits per heavy atom. The number of aryl methyl sites for hydroxylation is 1. The normalized spacial score (nSPS) is 15.1. The van der Waals surface area contributed by atoms with Gasteiger partial charge in [-0.25, -0.2) is 9.48 Å². The smallest absolute Gasteiger partial charge is 0.326 e. The fourth-order valence-corrected chi connectivity index (χ4v) is 2.78. The Morgan fingerprint density at radius 3 is 2.62 bits per heavy atom. The molecule has 1 atom stereocenters. The van der Waals surface area contributed by atoms with E-state index in [0.717, 1.165) is 24.1 Å². The van der Waals surface area contributed by atoms with E-state index in [1.165, 1.54) is 11.8 Å². The van der Waals surface area contributed by atoms with E-state index in [2.05, 4.69) is 10.3 Å². The van der Waals surface area contributed by atoms with Crippen LogP contribution < -0.4 is 0 Å². The molecule has 7 heteroatoms. The summed E-state index contributed by atoms with van der Waals surface area (Å²) in [6.07, 6.45) is 1.66. The van der Waals surface area contributed by atoms with Gasteiger partial charge in [-0.3, -0.25) is 4.79 Å². The molecule has 0 aliphatic heterocycles. The number of hydrogen-bond acceptors (Lipinski definition) is 4. The molecule has 1 aliphatic rings. The van der Waals surface area contributed by atoms with Crippen LogP contribution in [0.25, 0.3) is 5.69 Å². The van der Waals surface area contributed by atoms with Crippen molar-refractivity contribution in [1.82, 2.24) is 19.9 Å². The van der Waals surface area contributed by atoms with Crippen LogP contribution in [0.1, 0.15) is 41.5 Å². The molecule has 1 aromatic heterocycles. The molecule has 24 heavy (non-hydrogen) atoms. The third-order valence-electron chi connectivity index (χ3n) is 4.29. The maximum Gasteiger partial charge on any atom is 0.326 e. The Bertz CT molecular complexity index is 795. The van der Waals surface area contributed by atoms with Gasteiger partial charge in [0, 0.05) is 6.04 Å². The average Bonchev–Trinajstić information content (AvgIpc) is 3.28. The quantitative estimate of drug-likeness (QED) is 0.906. The second-order valence-electron chi connectivity index (χ2n) is 6.23. The molecular formula is C17H20N4O3. The lowest BCUT2D eigenvalue weighted by atomic mass is 10.2. The van der Waals surface area contributed by atoms with Crippen LogP contribution in [0.4, 0.5) is 0 Å². The first-order chi connectivity index (χ1) is 11.4. The highest BCUT2D eigenvalue weighted by Crippen LogP contribution is 2.30. The van der Waals surface area contributed by atoms with Crippen molar-refractivity contribution in [3.05, 3.63) is 41.2 Å². The van der Waals surface area contributed by atoms with Crippen molar-refractivity contribution in [2.24, 2.45) is 0 Å². The van der Waals surface area contributed by atoms with Crippen LogP contribution in [-0.4, -0.2) is 49.0 Å². The molecule has 1 fully saturated rings. The van der Waals surface area contributed by atoms with E-state index in [9.17, 15) is 14.7 Å². The summed E-state index contributed by atoms with van der Waals surface area (Å²) in [5.74, 6) is -1.39. The van der Waals surface area contributed by atoms with Gasteiger partial charge in [-0.2, -0.15) is 0 Å². The number of hydrogen-bond donors (Lipinski definition) is 1. The van der Waals surface area contributed by atoms with Gasteiger partial charge in [0.15, 0.2) is 5.69 Å². The molecule has 1 heterocycles. The summed E-state index contributed by atoms with van der Waals surface area (Å²) in [4.78, 5) is 25.6. The first kappa shape index (κ1) is 16.2. The first-order valence-corrected chi connectivity index (χ1v) is 7.95. The van der Waals surface area contributed by atoms with Gasteiger partial charge in [-0.15, -0.1) is 5.10 Å². The Morgan fingerprint density at radius 1 is 1.33 bits per heavy atom. The summed E-state index contributed by atoms with van der Waals surface area (Å²) in [6, 6.07) is 6.83. The molecule has 0 spiro atoms. The van der Waals surface area contributed by atoms with Crippen LogP contribution in [-0.2, 0) is 4.79 Å². The minimum Gasteiger partial charge on any atom is -0.480 e. The lowest BCUT2D eigenvalue weighted by Crippen LogP contribution is -2.45. The zero-order chi connectivity index (χ0) is 17.4. The number of nitrogens with zero attached hydrogens (tertiary/aromatic N) is 4. The number of carboxylic acid groups (broad SMARTS) is 1. The van der Waals surface area contributed by atoms with Crippen LogP contribution in [0.5, 0.6) is 0 Å². The van der Waals surface area contributed by atoms with E-state index in [0.29, 0.717) is 5.69 Å².